The third-order valence-corrected chi connectivity index (χ3v) is 11.1. The number of carboxylic acids is 1. The molecule has 44 heavy (non-hydrogen) atoms. The Balaban J connectivity index is 0.000000566. The molecule has 4 heterocycles. The van der Waals surface area contributed by atoms with Crippen LogP contribution in [0.3, 0.4) is 0 Å². The van der Waals surface area contributed by atoms with E-state index in [9.17, 15) is 26.4 Å². The van der Waals surface area contributed by atoms with Crippen molar-refractivity contribution in [1.29, 1.82) is 0 Å². The number of anilines is 1. The number of halogens is 3. The molecular weight excluding hydrogens is 642 g/mol. The molecule has 2 N–H and O–H groups in total. The number of thiazole rings is 1. The number of carbonyl (C=O) groups excluding carboxylic acids is 1. The Morgan fingerprint density at radius 3 is 2.48 bits per heavy atom. The molecule has 1 saturated heterocycles. The third kappa shape index (κ3) is 7.78. The summed E-state index contributed by atoms with van der Waals surface area (Å²) in [6, 6.07) is 11.1. The minimum absolute atomic E-state index is 0.0000766. The van der Waals surface area contributed by atoms with E-state index in [4.69, 9.17) is 14.6 Å². The first-order valence-electron chi connectivity index (χ1n) is 13.7. The van der Waals surface area contributed by atoms with Crippen molar-refractivity contribution in [2.75, 3.05) is 30.5 Å². The van der Waals surface area contributed by atoms with E-state index in [0.29, 0.717) is 23.0 Å². The van der Waals surface area contributed by atoms with Gasteiger partial charge in [0.05, 0.1) is 29.4 Å². The Morgan fingerprint density at radius 2 is 1.89 bits per heavy atom. The number of alkyl halides is 3. The fourth-order valence-electron chi connectivity index (χ4n) is 4.76. The second kappa shape index (κ2) is 14.1. The number of fused-ring (bicyclic) bond motifs is 1. The molecule has 3 aromatic heterocycles. The zero-order valence-electron chi connectivity index (χ0n) is 23.8. The molecule has 0 bridgehead atoms. The average molecular weight is 673 g/mol. The van der Waals surface area contributed by atoms with E-state index in [1.807, 2.05) is 44.3 Å². The van der Waals surface area contributed by atoms with E-state index in [-0.39, 0.29) is 11.9 Å². The van der Waals surface area contributed by atoms with Gasteiger partial charge in [0, 0.05) is 29.5 Å². The summed E-state index contributed by atoms with van der Waals surface area (Å²) in [7, 11) is -3.65. The van der Waals surface area contributed by atoms with Crippen LogP contribution in [-0.4, -0.2) is 72.7 Å². The van der Waals surface area contributed by atoms with Crippen LogP contribution in [0.25, 0.3) is 21.6 Å². The van der Waals surface area contributed by atoms with Gasteiger partial charge >= 0.3 is 18.1 Å². The number of carbonyl (C=O) groups is 2. The van der Waals surface area contributed by atoms with Crippen LogP contribution in [0.15, 0.2) is 52.2 Å². The number of nitrogens with zero attached hydrogens (tertiary/aromatic N) is 3. The largest absolute Gasteiger partial charge is 0.490 e. The van der Waals surface area contributed by atoms with Gasteiger partial charge in [-0.15, -0.1) is 22.7 Å². The van der Waals surface area contributed by atoms with E-state index in [2.05, 4.69) is 14.9 Å². The van der Waals surface area contributed by atoms with Crippen molar-refractivity contribution in [3.63, 3.8) is 0 Å². The van der Waals surface area contributed by atoms with Crippen molar-refractivity contribution in [3.8, 4) is 10.7 Å². The number of aromatic amines is 1. The predicted octanol–water partition coefficient (Wildman–Crippen LogP) is 5.98. The van der Waals surface area contributed by atoms with Crippen LogP contribution in [0.1, 0.15) is 31.6 Å². The van der Waals surface area contributed by atoms with E-state index < -0.39 is 22.2 Å². The van der Waals surface area contributed by atoms with Crippen LogP contribution < -0.4 is 4.31 Å². The molecule has 1 fully saturated rings. The maximum atomic E-state index is 13.3. The monoisotopic (exact) mass is 672 g/mol. The van der Waals surface area contributed by atoms with Gasteiger partial charge in [-0.1, -0.05) is 18.2 Å². The smallest absolute Gasteiger partial charge is 0.475 e. The van der Waals surface area contributed by atoms with Gasteiger partial charge in [-0.05, 0) is 63.4 Å². The number of aliphatic carboxylic acids is 1. The fraction of sp³-hybridized carbons (Fsp3) is 0.393. The molecule has 0 aliphatic carbocycles. The molecule has 1 aliphatic rings. The molecule has 0 amide bonds. The summed E-state index contributed by atoms with van der Waals surface area (Å²) in [4.78, 5) is 32.5. The number of likely N-dealkylation sites (tertiary alicyclic amines) is 1. The number of carboxylic acid groups (broad SMARTS) is 1. The summed E-state index contributed by atoms with van der Waals surface area (Å²) in [5, 5.41) is 10.7. The van der Waals surface area contributed by atoms with Crippen molar-refractivity contribution in [3.05, 3.63) is 52.9 Å². The number of para-hydroxylation sites is 1. The number of aromatic nitrogens is 2. The van der Waals surface area contributed by atoms with Gasteiger partial charge in [-0.25, -0.2) is 18.2 Å². The van der Waals surface area contributed by atoms with Crippen LogP contribution >= 0.6 is 22.7 Å². The lowest BCUT2D eigenvalue weighted by molar-refractivity contribution is -0.192. The highest BCUT2D eigenvalue weighted by molar-refractivity contribution is 7.94. The van der Waals surface area contributed by atoms with Gasteiger partial charge < -0.3 is 14.8 Å². The third-order valence-electron chi connectivity index (χ3n) is 6.84. The van der Waals surface area contributed by atoms with Gasteiger partial charge in [-0.3, -0.25) is 14.0 Å². The molecule has 0 atom stereocenters. The quantitative estimate of drug-likeness (QED) is 0.208. The molecule has 16 heteroatoms. The second-order valence-corrected chi connectivity index (χ2v) is 13.9. The molecule has 4 aromatic rings. The number of sulfonamides is 1. The molecule has 238 valence electrons. The minimum Gasteiger partial charge on any atom is -0.475 e. The summed E-state index contributed by atoms with van der Waals surface area (Å²) in [6.45, 7) is 6.95. The van der Waals surface area contributed by atoms with Crippen molar-refractivity contribution in [2.24, 2.45) is 5.92 Å². The standard InChI is InChI=1S/C26H30N4O4S3.C2HF3O2/c1-3-30(37(32,33)23-9-6-14-35-23)22-8-5-7-19-15-21(28-24(19)22)25-27-16-20(36-25)17-29-12-10-18(11-13-29)26(31)34-4-2;3-2(4,5)1(6)7/h5-9,14-16,18,28H,3-4,10-13,17H2,1-2H3;(H,6,7). The normalized spacial score (nSPS) is 14.7. The summed E-state index contributed by atoms with van der Waals surface area (Å²) in [5.74, 6) is -2.84. The van der Waals surface area contributed by atoms with Gasteiger partial charge in [0.15, 0.2) is 0 Å². The number of rotatable bonds is 9. The van der Waals surface area contributed by atoms with Crippen LogP contribution in [0, 0.1) is 5.92 Å². The molecule has 0 saturated carbocycles. The topological polar surface area (TPSA) is 133 Å². The Labute approximate surface area is 260 Å². The predicted molar refractivity (Wildman–Crippen MR) is 162 cm³/mol. The van der Waals surface area contributed by atoms with Crippen molar-refractivity contribution < 1.29 is 41.0 Å². The Hall–Kier alpha value is -3.47. The van der Waals surface area contributed by atoms with E-state index in [1.165, 1.54) is 15.6 Å². The van der Waals surface area contributed by atoms with E-state index in [1.54, 1.807) is 28.8 Å². The lowest BCUT2D eigenvalue weighted by Gasteiger charge is -2.30. The number of ether oxygens (including phenoxy) is 1. The molecule has 1 aromatic carbocycles. The SMILES string of the molecule is CCOC(=O)C1CCN(Cc2cnc(-c3cc4cccc(N(CC)S(=O)(=O)c5cccs5)c4[nH]3)s2)CC1.O=C(O)C(F)(F)F. The Bertz CT molecular complexity index is 1680. The highest BCUT2D eigenvalue weighted by Crippen LogP contribution is 2.35. The van der Waals surface area contributed by atoms with Crippen LogP contribution in [-0.2, 0) is 30.9 Å². The Morgan fingerprint density at radius 1 is 1.18 bits per heavy atom. The summed E-state index contributed by atoms with van der Waals surface area (Å²) in [6.07, 6.45) is -1.54. The summed E-state index contributed by atoms with van der Waals surface area (Å²) >= 11 is 2.85. The molecule has 10 nitrogen and oxygen atoms in total. The maximum Gasteiger partial charge on any atom is 0.490 e. The molecular formula is C28H31F3N4O6S3. The molecule has 5 rings (SSSR count). The zero-order valence-corrected chi connectivity index (χ0v) is 26.3. The number of H-pyrrole nitrogens is 1. The van der Waals surface area contributed by atoms with Crippen molar-refractivity contribution in [1.82, 2.24) is 14.9 Å². The summed E-state index contributed by atoms with van der Waals surface area (Å²) < 4.78 is 65.3. The van der Waals surface area contributed by atoms with Crippen LogP contribution in [0.2, 0.25) is 0 Å². The molecule has 0 radical (unpaired) electrons. The lowest BCUT2D eigenvalue weighted by Crippen LogP contribution is -2.36. The van der Waals surface area contributed by atoms with Crippen LogP contribution in [0.5, 0.6) is 0 Å². The lowest BCUT2D eigenvalue weighted by atomic mass is 9.97. The average Bonchev–Trinajstić information content (AvgIpc) is 3.75. The van der Waals surface area contributed by atoms with E-state index in [0.717, 1.165) is 59.0 Å². The number of hydrogen-bond donors (Lipinski definition) is 2. The van der Waals surface area contributed by atoms with Gasteiger partial charge in [-0.2, -0.15) is 13.2 Å². The Kier molecular flexibility index (Phi) is 10.7. The van der Waals surface area contributed by atoms with Gasteiger partial charge in [0.2, 0.25) is 0 Å². The number of nitrogens with one attached hydrogen (secondary N) is 1. The number of benzene rings is 1. The number of esters is 1. The summed E-state index contributed by atoms with van der Waals surface area (Å²) in [5.41, 5.74) is 2.27. The first-order chi connectivity index (χ1) is 20.8. The van der Waals surface area contributed by atoms with Crippen LogP contribution in [0.4, 0.5) is 18.9 Å². The minimum atomic E-state index is -5.08. The number of thiophene rings is 1. The van der Waals surface area contributed by atoms with E-state index >= 15 is 0 Å². The van der Waals surface area contributed by atoms with Gasteiger partial charge in [0.1, 0.15) is 9.22 Å². The van der Waals surface area contributed by atoms with Crippen molar-refractivity contribution in [2.45, 2.75) is 43.6 Å². The number of piperidine rings is 1. The van der Waals surface area contributed by atoms with Gasteiger partial charge in [0.25, 0.3) is 10.0 Å². The first kappa shape index (κ1) is 33.4. The zero-order chi connectivity index (χ0) is 32.1. The maximum absolute atomic E-state index is 13.3. The van der Waals surface area contributed by atoms with Crippen molar-refractivity contribution >= 4 is 61.2 Å². The second-order valence-electron chi connectivity index (χ2n) is 9.76. The highest BCUT2D eigenvalue weighted by atomic mass is 32.2. The fourth-order valence-corrected chi connectivity index (χ4v) is 8.28. The highest BCUT2D eigenvalue weighted by Gasteiger charge is 2.38. The molecule has 0 spiro atoms. The molecule has 1 aliphatic heterocycles. The molecule has 0 unspecified atom stereocenters. The number of hydrogen-bond acceptors (Lipinski definition) is 9. The first-order valence-corrected chi connectivity index (χ1v) is 16.8.